The third-order valence-electron chi connectivity index (χ3n) is 1.94. The monoisotopic (exact) mass is 185 g/mol. The summed E-state index contributed by atoms with van der Waals surface area (Å²) < 4.78 is 5.26. The van der Waals surface area contributed by atoms with Crippen molar-refractivity contribution in [2.24, 2.45) is 5.73 Å². The van der Waals surface area contributed by atoms with Crippen LogP contribution in [0.15, 0.2) is 0 Å². The highest BCUT2D eigenvalue weighted by Gasteiger charge is 2.21. The van der Waals surface area contributed by atoms with Crippen LogP contribution < -0.4 is 5.73 Å². The average molecular weight is 185 g/mol. The molecule has 0 bridgehead atoms. The molecule has 4 nitrogen and oxygen atoms in total. The second-order valence-electron chi connectivity index (χ2n) is 2.80. The largest absolute Gasteiger partial charge is 0.381 e. The smallest absolute Gasteiger partial charge is 0.131 e. The fourth-order valence-electron chi connectivity index (χ4n) is 1.24. The molecule has 0 spiro atoms. The van der Waals surface area contributed by atoms with Crippen molar-refractivity contribution >= 4 is 11.3 Å². The predicted molar refractivity (Wildman–Crippen MR) is 46.0 cm³/mol. The van der Waals surface area contributed by atoms with Crippen molar-refractivity contribution in [1.29, 1.82) is 0 Å². The summed E-state index contributed by atoms with van der Waals surface area (Å²) in [5.74, 6) is 0.461. The van der Waals surface area contributed by atoms with Crippen molar-refractivity contribution in [1.82, 2.24) is 10.2 Å². The molecule has 1 fully saturated rings. The Balaban J connectivity index is 2.11. The molecule has 0 amide bonds. The van der Waals surface area contributed by atoms with Gasteiger partial charge < -0.3 is 10.5 Å². The highest BCUT2D eigenvalue weighted by Crippen LogP contribution is 2.27. The third-order valence-corrected chi connectivity index (χ3v) is 3.04. The van der Waals surface area contributed by atoms with Crippen LogP contribution in [0.2, 0.25) is 0 Å². The fourth-order valence-corrected chi connectivity index (χ4v) is 2.08. The molecule has 1 saturated heterocycles. The first-order valence-corrected chi connectivity index (χ1v) is 4.82. The Morgan fingerprint density at radius 1 is 1.58 bits per heavy atom. The molecule has 0 saturated carbocycles. The van der Waals surface area contributed by atoms with Crippen molar-refractivity contribution in [3.05, 3.63) is 10.0 Å². The van der Waals surface area contributed by atoms with Crippen molar-refractivity contribution in [3.8, 4) is 0 Å². The van der Waals surface area contributed by atoms with E-state index in [0.717, 1.165) is 29.6 Å². The number of nitrogens with zero attached hydrogens (tertiary/aromatic N) is 2. The van der Waals surface area contributed by atoms with E-state index < -0.39 is 0 Å². The van der Waals surface area contributed by atoms with Gasteiger partial charge in [-0.1, -0.05) is 11.3 Å². The van der Waals surface area contributed by atoms with Gasteiger partial charge in [0.2, 0.25) is 0 Å². The molecule has 1 unspecified atom stereocenters. The Hall–Kier alpha value is -0.520. The first kappa shape index (κ1) is 8.10. The van der Waals surface area contributed by atoms with E-state index in [1.807, 2.05) is 0 Å². The lowest BCUT2D eigenvalue weighted by molar-refractivity contribution is 0.194. The normalized spacial score (nSPS) is 23.2. The molecular weight excluding hydrogens is 174 g/mol. The zero-order valence-electron chi connectivity index (χ0n) is 6.69. The number of hydrogen-bond acceptors (Lipinski definition) is 5. The molecule has 1 aromatic rings. The van der Waals surface area contributed by atoms with Crippen LogP contribution in [0.25, 0.3) is 0 Å². The maximum Gasteiger partial charge on any atom is 0.131 e. The van der Waals surface area contributed by atoms with Gasteiger partial charge in [0, 0.05) is 19.1 Å². The first-order chi connectivity index (χ1) is 5.90. The molecule has 12 heavy (non-hydrogen) atoms. The van der Waals surface area contributed by atoms with Gasteiger partial charge in [-0.15, -0.1) is 10.2 Å². The van der Waals surface area contributed by atoms with Gasteiger partial charge in [0.05, 0.1) is 6.61 Å². The molecule has 1 aliphatic heterocycles. The Bertz CT molecular complexity index is 257. The van der Waals surface area contributed by atoms with Crippen LogP contribution in [0.4, 0.5) is 0 Å². The summed E-state index contributed by atoms with van der Waals surface area (Å²) in [7, 11) is 0. The molecule has 1 aliphatic rings. The third kappa shape index (κ3) is 1.48. The van der Waals surface area contributed by atoms with Crippen LogP contribution in [-0.4, -0.2) is 23.4 Å². The van der Waals surface area contributed by atoms with Gasteiger partial charge in [0.25, 0.3) is 0 Å². The van der Waals surface area contributed by atoms with Gasteiger partial charge in [-0.2, -0.15) is 0 Å². The molecule has 66 valence electrons. The van der Waals surface area contributed by atoms with E-state index >= 15 is 0 Å². The summed E-state index contributed by atoms with van der Waals surface area (Å²) in [5.41, 5.74) is 5.44. The molecule has 1 aromatic heterocycles. The summed E-state index contributed by atoms with van der Waals surface area (Å²) in [6, 6.07) is 0. The van der Waals surface area contributed by atoms with Crippen LogP contribution >= 0.6 is 11.3 Å². The van der Waals surface area contributed by atoms with Crippen molar-refractivity contribution in [3.63, 3.8) is 0 Å². The summed E-state index contributed by atoms with van der Waals surface area (Å²) in [6.45, 7) is 2.13. The summed E-state index contributed by atoms with van der Waals surface area (Å²) in [5, 5.41) is 10.0. The van der Waals surface area contributed by atoms with Gasteiger partial charge in [0.15, 0.2) is 0 Å². The second-order valence-corrected chi connectivity index (χ2v) is 3.89. The Labute approximate surface area is 74.8 Å². The Morgan fingerprint density at radius 3 is 3.08 bits per heavy atom. The zero-order valence-corrected chi connectivity index (χ0v) is 7.51. The highest BCUT2D eigenvalue weighted by atomic mass is 32.1. The van der Waals surface area contributed by atoms with Gasteiger partial charge in [0.1, 0.15) is 10.0 Å². The number of ether oxygens (including phenoxy) is 1. The van der Waals surface area contributed by atoms with Gasteiger partial charge in [-0.3, -0.25) is 0 Å². The number of hydrogen-bond donors (Lipinski definition) is 1. The van der Waals surface area contributed by atoms with E-state index in [9.17, 15) is 0 Å². The lowest BCUT2D eigenvalue weighted by atomic mass is 10.1. The minimum absolute atomic E-state index is 0.461. The van der Waals surface area contributed by atoms with E-state index in [1.165, 1.54) is 0 Å². The SMILES string of the molecule is NCc1nnc(C2CCOC2)s1. The van der Waals surface area contributed by atoms with Crippen molar-refractivity contribution < 1.29 is 4.74 Å². The summed E-state index contributed by atoms with van der Waals surface area (Å²) in [6.07, 6.45) is 1.07. The standard InChI is InChI=1S/C7H11N3OS/c8-3-6-9-10-7(12-6)5-1-2-11-4-5/h5H,1-4,8H2. The van der Waals surface area contributed by atoms with E-state index in [4.69, 9.17) is 10.5 Å². The molecule has 5 heteroatoms. The van der Waals surface area contributed by atoms with Crippen LogP contribution in [0, 0.1) is 0 Å². The van der Waals surface area contributed by atoms with Crippen molar-refractivity contribution in [2.45, 2.75) is 18.9 Å². The molecule has 2 N–H and O–H groups in total. The summed E-state index contributed by atoms with van der Waals surface area (Å²) >= 11 is 1.60. The molecule has 0 aromatic carbocycles. The molecular formula is C7H11N3OS. The van der Waals surface area contributed by atoms with Crippen molar-refractivity contribution in [2.75, 3.05) is 13.2 Å². The Morgan fingerprint density at radius 2 is 2.50 bits per heavy atom. The lowest BCUT2D eigenvalue weighted by Crippen LogP contribution is -1.95. The first-order valence-electron chi connectivity index (χ1n) is 4.00. The number of rotatable bonds is 2. The minimum atomic E-state index is 0.461. The Kier molecular flexibility index (Phi) is 2.34. The van der Waals surface area contributed by atoms with Crippen LogP contribution in [0.1, 0.15) is 22.4 Å². The maximum atomic E-state index is 5.44. The molecule has 2 heterocycles. The van der Waals surface area contributed by atoms with Crippen LogP contribution in [-0.2, 0) is 11.3 Å². The molecule has 0 radical (unpaired) electrons. The lowest BCUT2D eigenvalue weighted by Gasteiger charge is -1.98. The fraction of sp³-hybridized carbons (Fsp3) is 0.714. The highest BCUT2D eigenvalue weighted by molar-refractivity contribution is 7.11. The number of aromatic nitrogens is 2. The van der Waals surface area contributed by atoms with Gasteiger partial charge in [-0.05, 0) is 6.42 Å². The van der Waals surface area contributed by atoms with Crippen LogP contribution in [0.3, 0.4) is 0 Å². The van der Waals surface area contributed by atoms with Crippen LogP contribution in [0.5, 0.6) is 0 Å². The van der Waals surface area contributed by atoms with E-state index in [-0.39, 0.29) is 0 Å². The minimum Gasteiger partial charge on any atom is -0.381 e. The zero-order chi connectivity index (χ0) is 8.39. The average Bonchev–Trinajstić information content (AvgIpc) is 2.75. The second kappa shape index (κ2) is 3.47. The van der Waals surface area contributed by atoms with E-state index in [1.54, 1.807) is 11.3 Å². The quantitative estimate of drug-likeness (QED) is 0.729. The molecule has 1 atom stereocenters. The predicted octanol–water partition coefficient (Wildman–Crippen LogP) is 0.501. The molecule has 0 aliphatic carbocycles. The summed E-state index contributed by atoms with van der Waals surface area (Å²) in [4.78, 5) is 0. The number of nitrogens with two attached hydrogens (primary N) is 1. The van der Waals surface area contributed by atoms with E-state index in [0.29, 0.717) is 12.5 Å². The van der Waals surface area contributed by atoms with Gasteiger partial charge in [-0.25, -0.2) is 0 Å². The van der Waals surface area contributed by atoms with E-state index in [2.05, 4.69) is 10.2 Å². The topological polar surface area (TPSA) is 61.0 Å². The molecule has 2 rings (SSSR count). The van der Waals surface area contributed by atoms with Gasteiger partial charge >= 0.3 is 0 Å². The maximum absolute atomic E-state index is 5.44.